The molecule has 1 saturated heterocycles. The van der Waals surface area contributed by atoms with Crippen LogP contribution < -0.4 is 5.73 Å². The molecular formula is C12H19BrN2OS. The van der Waals surface area contributed by atoms with Crippen molar-refractivity contribution < 1.29 is 4.74 Å². The van der Waals surface area contributed by atoms with Crippen LogP contribution in [0.5, 0.6) is 0 Å². The maximum atomic E-state index is 5.90. The van der Waals surface area contributed by atoms with Crippen molar-refractivity contribution in [3.05, 3.63) is 20.8 Å². The lowest BCUT2D eigenvalue weighted by Gasteiger charge is -2.30. The summed E-state index contributed by atoms with van der Waals surface area (Å²) in [6.07, 6.45) is 1.08. The van der Waals surface area contributed by atoms with E-state index in [1.165, 1.54) is 9.35 Å². The quantitative estimate of drug-likeness (QED) is 0.905. The van der Waals surface area contributed by atoms with Crippen molar-refractivity contribution in [2.24, 2.45) is 11.1 Å². The molecule has 1 aliphatic heterocycles. The third-order valence-electron chi connectivity index (χ3n) is 3.30. The van der Waals surface area contributed by atoms with Crippen LogP contribution in [0.2, 0.25) is 0 Å². The van der Waals surface area contributed by atoms with Crippen molar-refractivity contribution in [1.82, 2.24) is 4.90 Å². The maximum absolute atomic E-state index is 5.90. The van der Waals surface area contributed by atoms with Crippen molar-refractivity contribution in [3.63, 3.8) is 0 Å². The lowest BCUT2D eigenvalue weighted by Crippen LogP contribution is -2.41. The molecule has 0 bridgehead atoms. The molecule has 1 aromatic rings. The van der Waals surface area contributed by atoms with Crippen LogP contribution in [0.4, 0.5) is 0 Å². The number of hydrogen-bond acceptors (Lipinski definition) is 4. The fourth-order valence-corrected chi connectivity index (χ4v) is 3.57. The van der Waals surface area contributed by atoms with Crippen LogP contribution in [-0.2, 0) is 11.3 Å². The second-order valence-electron chi connectivity index (χ2n) is 4.94. The fourth-order valence-electron chi connectivity index (χ4n) is 2.37. The van der Waals surface area contributed by atoms with E-state index in [1.54, 1.807) is 11.3 Å². The molecule has 17 heavy (non-hydrogen) atoms. The molecule has 2 N–H and O–H groups in total. The fraction of sp³-hybridized carbons (Fsp3) is 0.667. The number of rotatable bonds is 5. The van der Waals surface area contributed by atoms with Crippen LogP contribution in [0.25, 0.3) is 0 Å². The van der Waals surface area contributed by atoms with Crippen LogP contribution in [0, 0.1) is 5.41 Å². The summed E-state index contributed by atoms with van der Waals surface area (Å²) in [6.45, 7) is 4.36. The molecule has 96 valence electrons. The van der Waals surface area contributed by atoms with Crippen LogP contribution in [0.3, 0.4) is 0 Å². The smallest absolute Gasteiger partial charge is 0.0701 e. The minimum absolute atomic E-state index is 0.169. The van der Waals surface area contributed by atoms with Crippen LogP contribution in [-0.4, -0.2) is 38.3 Å². The number of halogens is 1. The SMILES string of the molecule is CN(Cc1csc(Br)c1)CC1(CN)CCOC1. The summed E-state index contributed by atoms with van der Waals surface area (Å²) < 4.78 is 6.69. The molecule has 1 aliphatic rings. The van der Waals surface area contributed by atoms with E-state index in [0.29, 0.717) is 6.54 Å². The summed E-state index contributed by atoms with van der Waals surface area (Å²) in [7, 11) is 2.15. The largest absolute Gasteiger partial charge is 0.381 e. The molecule has 1 aromatic heterocycles. The first-order chi connectivity index (χ1) is 8.13. The van der Waals surface area contributed by atoms with Gasteiger partial charge in [0, 0.05) is 31.7 Å². The van der Waals surface area contributed by atoms with Gasteiger partial charge in [0.1, 0.15) is 0 Å². The standard InChI is InChI=1S/C12H19BrN2OS/c1-15(5-10-4-11(13)17-6-10)8-12(7-14)2-3-16-9-12/h4,6H,2-3,5,7-9,14H2,1H3. The number of hydrogen-bond donors (Lipinski definition) is 1. The molecule has 1 atom stereocenters. The second kappa shape index (κ2) is 5.80. The van der Waals surface area contributed by atoms with Gasteiger partial charge in [-0.1, -0.05) is 0 Å². The molecule has 5 heteroatoms. The Hall–Kier alpha value is 0.0600. The molecule has 0 spiro atoms. The normalized spacial score (nSPS) is 24.7. The molecule has 1 fully saturated rings. The Morgan fingerprint density at radius 1 is 1.65 bits per heavy atom. The van der Waals surface area contributed by atoms with Gasteiger partial charge >= 0.3 is 0 Å². The molecule has 0 aromatic carbocycles. The van der Waals surface area contributed by atoms with Gasteiger partial charge in [0.15, 0.2) is 0 Å². The van der Waals surface area contributed by atoms with Gasteiger partial charge in [0.2, 0.25) is 0 Å². The van der Waals surface area contributed by atoms with Crippen LogP contribution in [0.15, 0.2) is 15.2 Å². The van der Waals surface area contributed by atoms with Gasteiger partial charge < -0.3 is 15.4 Å². The van der Waals surface area contributed by atoms with E-state index < -0.39 is 0 Å². The first-order valence-corrected chi connectivity index (χ1v) is 7.50. The Morgan fingerprint density at radius 2 is 2.47 bits per heavy atom. The number of nitrogens with two attached hydrogens (primary N) is 1. The third kappa shape index (κ3) is 3.51. The highest BCUT2D eigenvalue weighted by Gasteiger charge is 2.34. The van der Waals surface area contributed by atoms with Gasteiger partial charge in [-0.3, -0.25) is 0 Å². The summed E-state index contributed by atoms with van der Waals surface area (Å²) in [5, 5.41) is 2.20. The molecule has 0 radical (unpaired) electrons. The highest BCUT2D eigenvalue weighted by molar-refractivity contribution is 9.11. The molecule has 1 unspecified atom stereocenters. The Bertz CT molecular complexity index is 363. The van der Waals surface area contributed by atoms with Crippen molar-refractivity contribution in [1.29, 1.82) is 0 Å². The summed E-state index contributed by atoms with van der Waals surface area (Å²) in [5.41, 5.74) is 7.43. The van der Waals surface area contributed by atoms with Gasteiger partial charge in [0.05, 0.1) is 10.4 Å². The average Bonchev–Trinajstić information content (AvgIpc) is 2.89. The van der Waals surface area contributed by atoms with E-state index in [4.69, 9.17) is 10.5 Å². The topological polar surface area (TPSA) is 38.5 Å². The average molecular weight is 319 g/mol. The third-order valence-corrected chi connectivity index (χ3v) is 4.85. The molecule has 2 rings (SSSR count). The van der Waals surface area contributed by atoms with Crippen molar-refractivity contribution in [2.75, 3.05) is 33.4 Å². The van der Waals surface area contributed by atoms with Gasteiger partial charge in [0.25, 0.3) is 0 Å². The zero-order chi connectivity index (χ0) is 12.3. The number of nitrogens with zero attached hydrogens (tertiary/aromatic N) is 1. The first-order valence-electron chi connectivity index (χ1n) is 5.83. The molecule has 0 aliphatic carbocycles. The van der Waals surface area contributed by atoms with E-state index in [9.17, 15) is 0 Å². The maximum Gasteiger partial charge on any atom is 0.0701 e. The minimum atomic E-state index is 0.169. The predicted molar refractivity (Wildman–Crippen MR) is 75.3 cm³/mol. The lowest BCUT2D eigenvalue weighted by molar-refractivity contribution is 0.123. The molecule has 2 heterocycles. The van der Waals surface area contributed by atoms with Crippen molar-refractivity contribution in [3.8, 4) is 0 Å². The van der Waals surface area contributed by atoms with Crippen LogP contribution >= 0.6 is 27.3 Å². The summed E-state index contributed by atoms with van der Waals surface area (Å²) >= 11 is 5.23. The van der Waals surface area contributed by atoms with Gasteiger partial charge in [-0.15, -0.1) is 11.3 Å². The molecule has 0 amide bonds. The zero-order valence-corrected chi connectivity index (χ0v) is 12.5. The summed E-state index contributed by atoms with van der Waals surface area (Å²) in [5.74, 6) is 0. The lowest BCUT2D eigenvalue weighted by atomic mass is 9.87. The van der Waals surface area contributed by atoms with Gasteiger partial charge in [-0.25, -0.2) is 0 Å². The van der Waals surface area contributed by atoms with Gasteiger partial charge in [-0.2, -0.15) is 0 Å². The Balaban J connectivity index is 1.90. The molecule has 0 saturated carbocycles. The zero-order valence-electron chi connectivity index (χ0n) is 10.1. The van der Waals surface area contributed by atoms with Crippen LogP contribution in [0.1, 0.15) is 12.0 Å². The highest BCUT2D eigenvalue weighted by atomic mass is 79.9. The van der Waals surface area contributed by atoms with E-state index in [2.05, 4.69) is 39.3 Å². The monoisotopic (exact) mass is 318 g/mol. The Morgan fingerprint density at radius 3 is 3.00 bits per heavy atom. The van der Waals surface area contributed by atoms with Gasteiger partial charge in [-0.05, 0) is 46.4 Å². The highest BCUT2D eigenvalue weighted by Crippen LogP contribution is 2.29. The molecule has 3 nitrogen and oxygen atoms in total. The number of thiophene rings is 1. The summed E-state index contributed by atoms with van der Waals surface area (Å²) in [6, 6.07) is 2.18. The van der Waals surface area contributed by atoms with E-state index in [1.807, 2.05) is 0 Å². The number of ether oxygens (including phenoxy) is 1. The van der Waals surface area contributed by atoms with Crippen molar-refractivity contribution >= 4 is 27.3 Å². The Labute approximate surface area is 115 Å². The Kier molecular flexibility index (Phi) is 4.60. The van der Waals surface area contributed by atoms with E-state index in [-0.39, 0.29) is 5.41 Å². The minimum Gasteiger partial charge on any atom is -0.381 e. The van der Waals surface area contributed by atoms with E-state index >= 15 is 0 Å². The second-order valence-corrected chi connectivity index (χ2v) is 7.23. The van der Waals surface area contributed by atoms with E-state index in [0.717, 1.165) is 32.7 Å². The predicted octanol–water partition coefficient (Wildman–Crippen LogP) is 2.31. The first kappa shape index (κ1) is 13.5. The summed E-state index contributed by atoms with van der Waals surface area (Å²) in [4.78, 5) is 2.34. The van der Waals surface area contributed by atoms with Crippen molar-refractivity contribution in [2.45, 2.75) is 13.0 Å². The molecular weight excluding hydrogens is 300 g/mol.